The molecule has 4 nitrogen and oxygen atoms in total. The van der Waals surface area contributed by atoms with Crippen LogP contribution < -0.4 is 5.73 Å². The molecular formula is C14H24N2O2. The van der Waals surface area contributed by atoms with Crippen LogP contribution >= 0.6 is 0 Å². The first-order chi connectivity index (χ1) is 8.56. The number of aliphatic hydroxyl groups is 1. The van der Waals surface area contributed by atoms with Crippen LogP contribution in [0.1, 0.15) is 16.7 Å². The molecule has 0 aromatic heterocycles. The van der Waals surface area contributed by atoms with Crippen LogP contribution in [0, 0.1) is 6.92 Å². The van der Waals surface area contributed by atoms with Crippen molar-refractivity contribution in [1.29, 1.82) is 0 Å². The average molecular weight is 252 g/mol. The van der Waals surface area contributed by atoms with E-state index in [0.29, 0.717) is 19.7 Å². The van der Waals surface area contributed by atoms with Gasteiger partial charge < -0.3 is 15.6 Å². The van der Waals surface area contributed by atoms with Gasteiger partial charge in [0.2, 0.25) is 0 Å². The number of nitrogens with zero attached hydrogens (tertiary/aromatic N) is 1. The maximum atomic E-state index is 9.67. The Bertz CT molecular complexity index is 369. The molecule has 0 spiro atoms. The quantitative estimate of drug-likeness (QED) is 0.757. The van der Waals surface area contributed by atoms with Crippen LogP contribution in [-0.4, -0.2) is 43.4 Å². The van der Waals surface area contributed by atoms with E-state index in [4.69, 9.17) is 10.5 Å². The summed E-state index contributed by atoms with van der Waals surface area (Å²) in [4.78, 5) is 2.09. The fourth-order valence-electron chi connectivity index (χ4n) is 2.02. The SMILES string of the molecule is COCC(O)CN(C)Cc1ccc(CN)cc1C. The van der Waals surface area contributed by atoms with Crippen LogP contribution in [0.3, 0.4) is 0 Å². The molecule has 0 amide bonds. The van der Waals surface area contributed by atoms with Crippen LogP contribution in [0.25, 0.3) is 0 Å². The molecule has 0 saturated heterocycles. The minimum atomic E-state index is -0.441. The summed E-state index contributed by atoms with van der Waals surface area (Å²) in [5.41, 5.74) is 9.27. The third kappa shape index (κ3) is 4.74. The van der Waals surface area contributed by atoms with Gasteiger partial charge >= 0.3 is 0 Å². The number of benzene rings is 1. The number of methoxy groups -OCH3 is 1. The van der Waals surface area contributed by atoms with Gasteiger partial charge in [0.05, 0.1) is 12.7 Å². The molecule has 0 fully saturated rings. The molecule has 102 valence electrons. The number of hydrogen-bond acceptors (Lipinski definition) is 4. The van der Waals surface area contributed by atoms with Gasteiger partial charge in [-0.25, -0.2) is 0 Å². The highest BCUT2D eigenvalue weighted by atomic mass is 16.5. The highest BCUT2D eigenvalue weighted by Gasteiger charge is 2.09. The molecule has 1 aromatic rings. The first kappa shape index (κ1) is 15.1. The highest BCUT2D eigenvalue weighted by Crippen LogP contribution is 2.13. The molecule has 4 heteroatoms. The Balaban J connectivity index is 2.56. The van der Waals surface area contributed by atoms with Gasteiger partial charge in [0, 0.05) is 26.7 Å². The van der Waals surface area contributed by atoms with E-state index in [1.54, 1.807) is 7.11 Å². The Hall–Kier alpha value is -0.940. The van der Waals surface area contributed by atoms with E-state index < -0.39 is 6.10 Å². The number of aryl methyl sites for hydroxylation is 1. The smallest absolute Gasteiger partial charge is 0.0900 e. The Labute approximate surface area is 109 Å². The molecule has 0 aliphatic carbocycles. The summed E-state index contributed by atoms with van der Waals surface area (Å²) in [6.07, 6.45) is -0.441. The van der Waals surface area contributed by atoms with Gasteiger partial charge in [0.15, 0.2) is 0 Å². The van der Waals surface area contributed by atoms with Crippen LogP contribution in [0.2, 0.25) is 0 Å². The van der Waals surface area contributed by atoms with Crippen molar-refractivity contribution < 1.29 is 9.84 Å². The fraction of sp³-hybridized carbons (Fsp3) is 0.571. The molecule has 1 unspecified atom stereocenters. The number of rotatable bonds is 7. The maximum absolute atomic E-state index is 9.67. The molecule has 1 rings (SSSR count). The van der Waals surface area contributed by atoms with E-state index >= 15 is 0 Å². The summed E-state index contributed by atoms with van der Waals surface area (Å²) in [6.45, 7) is 4.45. The number of hydrogen-bond donors (Lipinski definition) is 2. The second-order valence-electron chi connectivity index (χ2n) is 4.77. The first-order valence-electron chi connectivity index (χ1n) is 6.20. The summed E-state index contributed by atoms with van der Waals surface area (Å²) >= 11 is 0. The zero-order valence-electron chi connectivity index (χ0n) is 11.5. The molecule has 0 heterocycles. The second-order valence-corrected chi connectivity index (χ2v) is 4.77. The predicted octanol–water partition coefficient (Wildman–Crippen LogP) is 0.893. The maximum Gasteiger partial charge on any atom is 0.0900 e. The van der Waals surface area contributed by atoms with Gasteiger partial charge in [0.25, 0.3) is 0 Å². The van der Waals surface area contributed by atoms with Crippen molar-refractivity contribution in [2.75, 3.05) is 27.3 Å². The predicted molar refractivity (Wildman–Crippen MR) is 73.3 cm³/mol. The van der Waals surface area contributed by atoms with Crippen LogP contribution in [0.4, 0.5) is 0 Å². The summed E-state index contributed by atoms with van der Waals surface area (Å²) in [7, 11) is 3.59. The number of aliphatic hydroxyl groups excluding tert-OH is 1. The molecule has 3 N–H and O–H groups in total. The summed E-state index contributed by atoms with van der Waals surface area (Å²) < 4.78 is 4.92. The average Bonchev–Trinajstić information content (AvgIpc) is 2.31. The molecule has 18 heavy (non-hydrogen) atoms. The molecule has 0 bridgehead atoms. The Morgan fingerprint density at radius 2 is 2.17 bits per heavy atom. The van der Waals surface area contributed by atoms with E-state index in [1.165, 1.54) is 11.1 Å². The lowest BCUT2D eigenvalue weighted by Crippen LogP contribution is -2.31. The molecule has 0 saturated carbocycles. The normalized spacial score (nSPS) is 13.0. The summed E-state index contributed by atoms with van der Waals surface area (Å²) in [5, 5.41) is 9.67. The van der Waals surface area contributed by atoms with Crippen molar-refractivity contribution in [1.82, 2.24) is 4.90 Å². The number of ether oxygens (including phenoxy) is 1. The minimum Gasteiger partial charge on any atom is -0.389 e. The van der Waals surface area contributed by atoms with Crippen molar-refractivity contribution in [3.8, 4) is 0 Å². The Morgan fingerprint density at radius 1 is 1.44 bits per heavy atom. The summed E-state index contributed by atoms with van der Waals surface area (Å²) in [5.74, 6) is 0. The Kier molecular flexibility index (Phi) is 6.29. The lowest BCUT2D eigenvalue weighted by Gasteiger charge is -2.21. The van der Waals surface area contributed by atoms with Crippen molar-refractivity contribution in [3.63, 3.8) is 0 Å². The number of nitrogens with two attached hydrogens (primary N) is 1. The highest BCUT2D eigenvalue weighted by molar-refractivity contribution is 5.30. The first-order valence-corrected chi connectivity index (χ1v) is 6.20. The molecule has 0 radical (unpaired) electrons. The van der Waals surface area contributed by atoms with Crippen molar-refractivity contribution in [3.05, 3.63) is 34.9 Å². The van der Waals surface area contributed by atoms with Gasteiger partial charge in [0.1, 0.15) is 0 Å². The van der Waals surface area contributed by atoms with Gasteiger partial charge in [-0.05, 0) is 30.7 Å². The fourth-order valence-corrected chi connectivity index (χ4v) is 2.02. The largest absolute Gasteiger partial charge is 0.389 e. The molecule has 0 aliphatic rings. The lowest BCUT2D eigenvalue weighted by molar-refractivity contribution is 0.0418. The summed E-state index contributed by atoms with van der Waals surface area (Å²) in [6, 6.07) is 6.28. The monoisotopic (exact) mass is 252 g/mol. The van der Waals surface area contributed by atoms with Gasteiger partial charge in [-0.3, -0.25) is 4.90 Å². The lowest BCUT2D eigenvalue weighted by atomic mass is 10.0. The van der Waals surface area contributed by atoms with E-state index in [1.807, 2.05) is 7.05 Å². The van der Waals surface area contributed by atoms with Crippen molar-refractivity contribution in [2.24, 2.45) is 5.73 Å². The van der Waals surface area contributed by atoms with Crippen LogP contribution in [0.5, 0.6) is 0 Å². The number of likely N-dealkylation sites (N-methyl/N-ethyl adjacent to an activating group) is 1. The van der Waals surface area contributed by atoms with Gasteiger partial charge in [-0.15, -0.1) is 0 Å². The van der Waals surface area contributed by atoms with E-state index in [9.17, 15) is 5.11 Å². The van der Waals surface area contributed by atoms with Crippen LogP contribution in [-0.2, 0) is 17.8 Å². The molecule has 0 aliphatic heterocycles. The third-order valence-corrected chi connectivity index (χ3v) is 2.96. The van der Waals surface area contributed by atoms with Crippen LogP contribution in [0.15, 0.2) is 18.2 Å². The Morgan fingerprint density at radius 3 is 2.72 bits per heavy atom. The molecule has 1 aromatic carbocycles. The van der Waals surface area contributed by atoms with Gasteiger partial charge in [-0.1, -0.05) is 18.2 Å². The zero-order chi connectivity index (χ0) is 13.5. The van der Waals surface area contributed by atoms with Crippen molar-refractivity contribution in [2.45, 2.75) is 26.1 Å². The topological polar surface area (TPSA) is 58.7 Å². The minimum absolute atomic E-state index is 0.370. The standard InChI is InChI=1S/C14H24N2O2/c1-11-6-12(7-15)4-5-13(11)8-16(2)9-14(17)10-18-3/h4-6,14,17H,7-10,15H2,1-3H3. The zero-order valence-corrected chi connectivity index (χ0v) is 11.5. The molecule has 1 atom stereocenters. The van der Waals surface area contributed by atoms with Gasteiger partial charge in [-0.2, -0.15) is 0 Å². The molecular weight excluding hydrogens is 228 g/mol. The second kappa shape index (κ2) is 7.48. The third-order valence-electron chi connectivity index (χ3n) is 2.96. The van der Waals surface area contributed by atoms with E-state index in [2.05, 4.69) is 30.0 Å². The van der Waals surface area contributed by atoms with E-state index in [0.717, 1.165) is 12.1 Å². The van der Waals surface area contributed by atoms with Crippen molar-refractivity contribution >= 4 is 0 Å². The van der Waals surface area contributed by atoms with E-state index in [-0.39, 0.29) is 0 Å².